The summed E-state index contributed by atoms with van der Waals surface area (Å²) >= 11 is 6.02. The third kappa shape index (κ3) is 1.53. The van der Waals surface area contributed by atoms with E-state index in [1.807, 2.05) is 6.92 Å². The molecule has 0 unspecified atom stereocenters. The molecule has 0 saturated heterocycles. The summed E-state index contributed by atoms with van der Waals surface area (Å²) in [7, 11) is 0. The van der Waals surface area contributed by atoms with Gasteiger partial charge in [0.25, 0.3) is 5.56 Å². The van der Waals surface area contributed by atoms with Gasteiger partial charge < -0.3 is 0 Å². The predicted molar refractivity (Wildman–Crippen MR) is 80.5 cm³/mol. The highest BCUT2D eigenvalue weighted by atomic mass is 35.5. The van der Waals surface area contributed by atoms with Gasteiger partial charge in [-0.05, 0) is 36.8 Å². The van der Waals surface area contributed by atoms with Crippen molar-refractivity contribution in [1.29, 1.82) is 0 Å². The maximum absolute atomic E-state index is 12.7. The van der Waals surface area contributed by atoms with Crippen molar-refractivity contribution in [3.05, 3.63) is 68.7 Å². The lowest BCUT2D eigenvalue weighted by atomic mass is 10.1. The van der Waals surface area contributed by atoms with Crippen LogP contribution in [0, 0.1) is 6.92 Å². The van der Waals surface area contributed by atoms with E-state index >= 15 is 0 Å². The van der Waals surface area contributed by atoms with Gasteiger partial charge >= 0.3 is 0 Å². The van der Waals surface area contributed by atoms with Gasteiger partial charge in [-0.25, -0.2) is 4.98 Å². The SMILES string of the molecule is Cc1cc(Cl)cc2c1-n1c(nc3ccccc3c1=O)C2=O. The van der Waals surface area contributed by atoms with Crippen LogP contribution in [0.4, 0.5) is 0 Å². The van der Waals surface area contributed by atoms with Crippen molar-refractivity contribution >= 4 is 28.3 Å². The van der Waals surface area contributed by atoms with Crippen LogP contribution in [0.25, 0.3) is 16.6 Å². The summed E-state index contributed by atoms with van der Waals surface area (Å²) in [6.45, 7) is 1.83. The first kappa shape index (κ1) is 12.3. The Morgan fingerprint density at radius 3 is 2.71 bits per heavy atom. The second-order valence-electron chi connectivity index (χ2n) is 5.04. The minimum Gasteiger partial charge on any atom is -0.285 e. The molecule has 2 aromatic carbocycles. The fraction of sp³-hybridized carbons (Fsp3) is 0.0625. The molecule has 4 rings (SSSR count). The van der Waals surface area contributed by atoms with Crippen molar-refractivity contribution in [3.63, 3.8) is 0 Å². The standard InChI is InChI=1S/C16H9ClN2O2/c1-8-6-9(17)7-11-13(8)19-15(14(11)20)18-12-5-3-2-4-10(12)16(19)21/h2-7H,1H3. The summed E-state index contributed by atoms with van der Waals surface area (Å²) in [4.78, 5) is 29.6. The molecule has 102 valence electrons. The van der Waals surface area contributed by atoms with E-state index in [-0.39, 0.29) is 17.2 Å². The maximum Gasteiger partial charge on any atom is 0.266 e. The lowest BCUT2D eigenvalue weighted by molar-refractivity contribution is 0.103. The summed E-state index contributed by atoms with van der Waals surface area (Å²) in [5, 5.41) is 0.973. The van der Waals surface area contributed by atoms with Crippen LogP contribution < -0.4 is 5.56 Å². The van der Waals surface area contributed by atoms with E-state index in [9.17, 15) is 9.59 Å². The fourth-order valence-electron chi connectivity index (χ4n) is 2.82. The summed E-state index contributed by atoms with van der Waals surface area (Å²) in [5.74, 6) is -0.113. The van der Waals surface area contributed by atoms with Gasteiger partial charge in [0.15, 0.2) is 5.82 Å². The van der Waals surface area contributed by atoms with E-state index in [0.29, 0.717) is 27.2 Å². The van der Waals surface area contributed by atoms with Crippen molar-refractivity contribution in [2.75, 3.05) is 0 Å². The van der Waals surface area contributed by atoms with Gasteiger partial charge in [-0.1, -0.05) is 23.7 Å². The molecule has 3 aromatic rings. The highest BCUT2D eigenvalue weighted by Crippen LogP contribution is 2.31. The summed E-state index contributed by atoms with van der Waals surface area (Å²) in [6.07, 6.45) is 0. The van der Waals surface area contributed by atoms with Crippen molar-refractivity contribution in [2.24, 2.45) is 0 Å². The molecule has 2 heterocycles. The number of rotatable bonds is 0. The monoisotopic (exact) mass is 296 g/mol. The van der Waals surface area contributed by atoms with Gasteiger partial charge in [0.05, 0.1) is 22.2 Å². The number of aromatic nitrogens is 2. The molecule has 0 spiro atoms. The molecule has 1 aliphatic rings. The van der Waals surface area contributed by atoms with E-state index in [4.69, 9.17) is 11.6 Å². The number of nitrogens with zero attached hydrogens (tertiary/aromatic N) is 2. The van der Waals surface area contributed by atoms with Crippen molar-refractivity contribution in [2.45, 2.75) is 6.92 Å². The molecule has 0 fully saturated rings. The summed E-state index contributed by atoms with van der Waals surface area (Å²) in [6, 6.07) is 10.3. The Hall–Kier alpha value is -2.46. The molecule has 0 aliphatic carbocycles. The predicted octanol–water partition coefficient (Wildman–Crippen LogP) is 2.89. The second-order valence-corrected chi connectivity index (χ2v) is 5.48. The molecule has 1 aliphatic heterocycles. The van der Waals surface area contributed by atoms with Crippen LogP contribution in [0.15, 0.2) is 41.2 Å². The van der Waals surface area contributed by atoms with Crippen molar-refractivity contribution in [3.8, 4) is 5.69 Å². The molecular formula is C16H9ClN2O2. The van der Waals surface area contributed by atoms with Gasteiger partial charge in [0.2, 0.25) is 5.78 Å². The average molecular weight is 297 g/mol. The fourth-order valence-corrected chi connectivity index (χ4v) is 3.09. The largest absolute Gasteiger partial charge is 0.285 e. The molecule has 0 amide bonds. The van der Waals surface area contributed by atoms with Crippen LogP contribution in [0.1, 0.15) is 21.7 Å². The topological polar surface area (TPSA) is 52.0 Å². The van der Waals surface area contributed by atoms with Gasteiger partial charge in [-0.3, -0.25) is 14.2 Å². The number of hydrogen-bond acceptors (Lipinski definition) is 3. The Bertz CT molecular complexity index is 1010. The smallest absolute Gasteiger partial charge is 0.266 e. The van der Waals surface area contributed by atoms with Gasteiger partial charge in [0, 0.05) is 5.02 Å². The zero-order valence-electron chi connectivity index (χ0n) is 11.1. The first-order chi connectivity index (χ1) is 10.1. The molecule has 0 N–H and O–H groups in total. The maximum atomic E-state index is 12.7. The molecule has 5 heteroatoms. The number of para-hydroxylation sites is 1. The van der Waals surface area contributed by atoms with Crippen LogP contribution >= 0.6 is 11.6 Å². The van der Waals surface area contributed by atoms with E-state index in [1.165, 1.54) is 4.57 Å². The zero-order chi connectivity index (χ0) is 14.7. The molecule has 4 nitrogen and oxygen atoms in total. The molecule has 0 atom stereocenters. The summed E-state index contributed by atoms with van der Waals surface area (Å²) in [5.41, 5.74) is 2.10. The van der Waals surface area contributed by atoms with Gasteiger partial charge in [-0.2, -0.15) is 0 Å². The quantitative estimate of drug-likeness (QED) is 0.501. The van der Waals surface area contributed by atoms with Gasteiger partial charge in [-0.15, -0.1) is 0 Å². The number of fused-ring (bicyclic) bond motifs is 4. The van der Waals surface area contributed by atoms with Crippen LogP contribution in [-0.4, -0.2) is 15.3 Å². The number of halogens is 1. The van der Waals surface area contributed by atoms with Crippen LogP contribution in [0.2, 0.25) is 5.02 Å². The normalized spacial score (nSPS) is 12.6. The number of hydrogen-bond donors (Lipinski definition) is 0. The number of ketones is 1. The number of carbonyl (C=O) groups excluding carboxylic acids is 1. The van der Waals surface area contributed by atoms with E-state index in [2.05, 4.69) is 4.98 Å². The third-order valence-electron chi connectivity index (χ3n) is 3.71. The first-order valence-corrected chi connectivity index (χ1v) is 6.83. The molecule has 0 saturated carbocycles. The minimum absolute atomic E-state index is 0.152. The number of benzene rings is 2. The van der Waals surface area contributed by atoms with E-state index < -0.39 is 0 Å². The van der Waals surface area contributed by atoms with Crippen LogP contribution in [0.3, 0.4) is 0 Å². The van der Waals surface area contributed by atoms with Crippen LogP contribution in [-0.2, 0) is 0 Å². The van der Waals surface area contributed by atoms with E-state index in [1.54, 1.807) is 36.4 Å². The minimum atomic E-state index is -0.265. The van der Waals surface area contributed by atoms with Crippen LogP contribution in [0.5, 0.6) is 0 Å². The zero-order valence-corrected chi connectivity index (χ0v) is 11.8. The Kier molecular flexibility index (Phi) is 2.35. The third-order valence-corrected chi connectivity index (χ3v) is 3.93. The highest BCUT2D eigenvalue weighted by molar-refractivity contribution is 6.31. The number of carbonyl (C=O) groups is 1. The average Bonchev–Trinajstić information content (AvgIpc) is 2.74. The molecule has 0 radical (unpaired) electrons. The van der Waals surface area contributed by atoms with Gasteiger partial charge in [0.1, 0.15) is 0 Å². The lowest BCUT2D eigenvalue weighted by Gasteiger charge is -2.08. The van der Waals surface area contributed by atoms with E-state index in [0.717, 1.165) is 5.56 Å². The molecule has 21 heavy (non-hydrogen) atoms. The van der Waals surface area contributed by atoms with Crippen molar-refractivity contribution < 1.29 is 4.79 Å². The Morgan fingerprint density at radius 1 is 1.14 bits per heavy atom. The Morgan fingerprint density at radius 2 is 1.90 bits per heavy atom. The second kappa shape index (κ2) is 4.02. The Balaban J connectivity index is 2.22. The molecule has 0 bridgehead atoms. The highest BCUT2D eigenvalue weighted by Gasteiger charge is 2.31. The Labute approximate surface area is 124 Å². The summed E-state index contributed by atoms with van der Waals surface area (Å²) < 4.78 is 1.39. The molecular weight excluding hydrogens is 288 g/mol. The van der Waals surface area contributed by atoms with Crippen molar-refractivity contribution in [1.82, 2.24) is 9.55 Å². The lowest BCUT2D eigenvalue weighted by Crippen LogP contribution is -2.21. The molecule has 1 aromatic heterocycles. The first-order valence-electron chi connectivity index (χ1n) is 6.45. The number of aryl methyl sites for hydroxylation is 1.